The Hall–Kier alpha value is -1.94. The number of unbranched alkanes of at least 4 members (excludes halogenated alkanes) is 35. The van der Waals surface area contributed by atoms with Crippen molar-refractivity contribution in [2.24, 2.45) is 23.7 Å². The second-order valence-electron chi connectivity index (χ2n) is 27.9. The van der Waals surface area contributed by atoms with E-state index in [0.717, 1.165) is 114 Å². The largest absolute Gasteiger partial charge is 0.472 e. The van der Waals surface area contributed by atoms with E-state index in [1.165, 1.54) is 154 Å². The van der Waals surface area contributed by atoms with Crippen LogP contribution in [0.1, 0.15) is 357 Å². The van der Waals surface area contributed by atoms with Gasteiger partial charge in [-0.15, -0.1) is 0 Å². The van der Waals surface area contributed by atoms with Crippen LogP contribution < -0.4 is 0 Å². The molecule has 2 unspecified atom stereocenters. The van der Waals surface area contributed by atoms with Gasteiger partial charge in [0.05, 0.1) is 26.4 Å². The first kappa shape index (κ1) is 89.1. The molecule has 0 fully saturated rings. The summed E-state index contributed by atoms with van der Waals surface area (Å²) in [5.41, 5.74) is 0. The molecular formula is C72H140O17P2. The number of carbonyl (C=O) groups excluding carboxylic acids is 4. The average molecular weight is 1340 g/mol. The number of hydrogen-bond donors (Lipinski definition) is 3. The highest BCUT2D eigenvalue weighted by Crippen LogP contribution is 2.45. The summed E-state index contributed by atoms with van der Waals surface area (Å²) in [4.78, 5) is 72.5. The van der Waals surface area contributed by atoms with Crippen LogP contribution in [-0.4, -0.2) is 96.7 Å². The van der Waals surface area contributed by atoms with Crippen molar-refractivity contribution in [3.63, 3.8) is 0 Å². The molecule has 0 aliphatic carbocycles. The van der Waals surface area contributed by atoms with Crippen molar-refractivity contribution in [2.45, 2.75) is 375 Å². The van der Waals surface area contributed by atoms with E-state index in [2.05, 4.69) is 55.4 Å². The molecular weight excluding hydrogens is 1200 g/mol. The monoisotopic (exact) mass is 1340 g/mol. The smallest absolute Gasteiger partial charge is 0.462 e. The molecule has 0 radical (unpaired) electrons. The Bertz CT molecular complexity index is 1800. The number of hydrogen-bond acceptors (Lipinski definition) is 15. The Labute approximate surface area is 556 Å². The molecule has 0 saturated carbocycles. The Morgan fingerprint density at radius 3 is 0.681 bits per heavy atom. The molecule has 5 atom stereocenters. The van der Waals surface area contributed by atoms with Crippen LogP contribution in [0.5, 0.6) is 0 Å². The zero-order valence-corrected chi connectivity index (χ0v) is 61.3. The molecule has 0 amide bonds. The molecule has 0 aromatic rings. The van der Waals surface area contributed by atoms with Crippen LogP contribution in [0.4, 0.5) is 0 Å². The lowest BCUT2D eigenvalue weighted by Crippen LogP contribution is -2.30. The first-order chi connectivity index (χ1) is 43.6. The second-order valence-corrected chi connectivity index (χ2v) is 30.8. The van der Waals surface area contributed by atoms with Gasteiger partial charge < -0.3 is 33.8 Å². The van der Waals surface area contributed by atoms with E-state index >= 15 is 0 Å². The number of aliphatic hydroxyl groups excluding tert-OH is 1. The van der Waals surface area contributed by atoms with E-state index in [0.29, 0.717) is 31.6 Å². The van der Waals surface area contributed by atoms with Gasteiger partial charge in [0.2, 0.25) is 0 Å². The molecule has 0 bridgehead atoms. The zero-order chi connectivity index (χ0) is 67.5. The van der Waals surface area contributed by atoms with Crippen molar-refractivity contribution in [2.75, 3.05) is 39.6 Å². The van der Waals surface area contributed by atoms with Crippen LogP contribution in [0.25, 0.3) is 0 Å². The summed E-state index contributed by atoms with van der Waals surface area (Å²) in [6, 6.07) is 0. The van der Waals surface area contributed by atoms with Gasteiger partial charge in [0, 0.05) is 25.7 Å². The molecule has 0 aliphatic heterocycles. The molecule has 0 heterocycles. The molecule has 0 spiro atoms. The predicted octanol–water partition coefficient (Wildman–Crippen LogP) is 20.5. The molecule has 0 aliphatic rings. The van der Waals surface area contributed by atoms with Gasteiger partial charge in [-0.25, -0.2) is 9.13 Å². The number of phosphoric ester groups is 2. The fourth-order valence-corrected chi connectivity index (χ4v) is 12.4. The molecule has 19 heteroatoms. The van der Waals surface area contributed by atoms with Crippen molar-refractivity contribution in [3.8, 4) is 0 Å². The van der Waals surface area contributed by atoms with E-state index in [4.69, 9.17) is 37.0 Å². The van der Waals surface area contributed by atoms with E-state index in [-0.39, 0.29) is 25.7 Å². The van der Waals surface area contributed by atoms with Crippen LogP contribution in [-0.2, 0) is 65.4 Å². The van der Waals surface area contributed by atoms with E-state index < -0.39 is 97.5 Å². The summed E-state index contributed by atoms with van der Waals surface area (Å²) < 4.78 is 68.3. The van der Waals surface area contributed by atoms with Crippen LogP contribution in [0.15, 0.2) is 0 Å². The fraction of sp³-hybridized carbons (Fsp3) is 0.944. The van der Waals surface area contributed by atoms with Crippen LogP contribution >= 0.6 is 15.6 Å². The number of esters is 4. The van der Waals surface area contributed by atoms with Crippen molar-refractivity contribution in [3.05, 3.63) is 0 Å². The lowest BCUT2D eigenvalue weighted by Gasteiger charge is -2.21. The van der Waals surface area contributed by atoms with Crippen LogP contribution in [0, 0.1) is 23.7 Å². The minimum absolute atomic E-state index is 0.104. The summed E-state index contributed by atoms with van der Waals surface area (Å²) in [5, 5.41) is 10.6. The predicted molar refractivity (Wildman–Crippen MR) is 367 cm³/mol. The van der Waals surface area contributed by atoms with Crippen molar-refractivity contribution >= 4 is 39.5 Å². The average Bonchev–Trinajstić information content (AvgIpc) is 2.99. The van der Waals surface area contributed by atoms with Gasteiger partial charge in [0.1, 0.15) is 19.3 Å². The van der Waals surface area contributed by atoms with Gasteiger partial charge >= 0.3 is 39.5 Å². The molecule has 0 aromatic heterocycles. The lowest BCUT2D eigenvalue weighted by atomic mass is 10.0. The first-order valence-corrected chi connectivity index (χ1v) is 40.2. The first-order valence-electron chi connectivity index (χ1n) is 37.2. The summed E-state index contributed by atoms with van der Waals surface area (Å²) in [6.45, 7) is 14.1. The van der Waals surface area contributed by atoms with Gasteiger partial charge in [-0.3, -0.25) is 37.3 Å². The standard InChI is InChI=1S/C72H140O17P2/c1-62(2)48-40-32-24-18-15-13-11-9-10-12-14-16-20-28-38-46-54-71(76)88-67(58-82-69(74)52-44-36-27-23-22-26-34-42-50-64(5)6)60-86-90(78,79)84-56-66(73)57-85-91(80,81)87-61-68(59-83-70(75)53-45-37-31-30-35-43-51-65(7)8)89-72(77)55-47-39-29-21-17-19-25-33-41-49-63(3)4/h62-68,73H,9-61H2,1-8H3,(H,78,79)(H,80,81)/t66-,67-,68-/m1/s1. The van der Waals surface area contributed by atoms with Gasteiger partial charge in [0.25, 0.3) is 0 Å². The van der Waals surface area contributed by atoms with E-state index in [1.807, 2.05) is 0 Å². The third kappa shape index (κ3) is 66.5. The van der Waals surface area contributed by atoms with Crippen molar-refractivity contribution in [1.82, 2.24) is 0 Å². The molecule has 3 N–H and O–H groups in total. The topological polar surface area (TPSA) is 237 Å². The number of aliphatic hydroxyl groups is 1. The van der Waals surface area contributed by atoms with Crippen molar-refractivity contribution in [1.29, 1.82) is 0 Å². The number of phosphoric acid groups is 2. The van der Waals surface area contributed by atoms with Crippen molar-refractivity contribution < 1.29 is 80.2 Å². The molecule has 17 nitrogen and oxygen atoms in total. The number of carbonyl (C=O) groups is 4. The fourth-order valence-electron chi connectivity index (χ4n) is 10.8. The van der Waals surface area contributed by atoms with E-state index in [9.17, 15) is 43.2 Å². The minimum Gasteiger partial charge on any atom is -0.462 e. The molecule has 91 heavy (non-hydrogen) atoms. The Morgan fingerprint density at radius 2 is 0.462 bits per heavy atom. The molecule has 0 saturated heterocycles. The number of ether oxygens (including phenoxy) is 4. The maximum Gasteiger partial charge on any atom is 0.472 e. The van der Waals surface area contributed by atoms with Gasteiger partial charge in [-0.1, -0.05) is 306 Å². The number of rotatable bonds is 69. The highest BCUT2D eigenvalue weighted by molar-refractivity contribution is 7.47. The summed E-state index contributed by atoms with van der Waals surface area (Å²) >= 11 is 0. The second kappa shape index (κ2) is 61.6. The normalized spacial score (nSPS) is 14.2. The third-order valence-corrected chi connectivity index (χ3v) is 18.5. The lowest BCUT2D eigenvalue weighted by molar-refractivity contribution is -0.161. The highest BCUT2D eigenvalue weighted by Gasteiger charge is 2.30. The third-order valence-electron chi connectivity index (χ3n) is 16.6. The van der Waals surface area contributed by atoms with Gasteiger partial charge in [0.15, 0.2) is 12.2 Å². The Balaban J connectivity index is 5.21. The maximum atomic E-state index is 13.0. The molecule has 540 valence electrons. The van der Waals surface area contributed by atoms with E-state index in [1.54, 1.807) is 0 Å². The summed E-state index contributed by atoms with van der Waals surface area (Å²) in [6.07, 6.45) is 44.7. The SMILES string of the molecule is CC(C)CCCCCCCCCCCCCCCCCCC(=O)O[C@H](COC(=O)CCCCCCCCCCC(C)C)COP(=O)(O)OC[C@@H](O)COP(=O)(O)OC[C@@H](COC(=O)CCCCCCCCC(C)C)OC(=O)CCCCCCCCCCCC(C)C. The van der Waals surface area contributed by atoms with Crippen LogP contribution in [0.3, 0.4) is 0 Å². The maximum absolute atomic E-state index is 13.0. The highest BCUT2D eigenvalue weighted by atomic mass is 31.2. The minimum atomic E-state index is -4.95. The quantitative estimate of drug-likeness (QED) is 0.0222. The Morgan fingerprint density at radius 1 is 0.275 bits per heavy atom. The van der Waals surface area contributed by atoms with Gasteiger partial charge in [-0.05, 0) is 49.4 Å². The molecule has 0 rings (SSSR count). The molecule has 0 aromatic carbocycles. The summed E-state index contributed by atoms with van der Waals surface area (Å²) in [7, 11) is -9.90. The van der Waals surface area contributed by atoms with Gasteiger partial charge in [-0.2, -0.15) is 0 Å². The Kier molecular flexibility index (Phi) is 60.3. The van der Waals surface area contributed by atoms with Crippen LogP contribution in [0.2, 0.25) is 0 Å². The summed E-state index contributed by atoms with van der Waals surface area (Å²) in [5.74, 6) is 0.822. The zero-order valence-electron chi connectivity index (χ0n) is 59.5.